The predicted octanol–water partition coefficient (Wildman–Crippen LogP) is 3.87. The van der Waals surface area contributed by atoms with E-state index in [1.807, 2.05) is 20.8 Å². The molecule has 0 aliphatic heterocycles. The summed E-state index contributed by atoms with van der Waals surface area (Å²) in [4.78, 5) is 11.6. The van der Waals surface area contributed by atoms with Gasteiger partial charge in [0, 0.05) is 6.04 Å². The Balaban J connectivity index is 2.23. The fourth-order valence-corrected chi connectivity index (χ4v) is 2.51. The molecule has 0 aromatic carbocycles. The molecule has 1 aliphatic rings. The van der Waals surface area contributed by atoms with Gasteiger partial charge in [-0.05, 0) is 45.4 Å². The normalized spacial score (nSPS) is 28.4. The highest BCUT2D eigenvalue weighted by atomic mass is 16.6. The topological polar surface area (TPSA) is 38.3 Å². The van der Waals surface area contributed by atoms with Crippen molar-refractivity contribution in [1.82, 2.24) is 5.32 Å². The second-order valence-corrected chi connectivity index (χ2v) is 6.67. The summed E-state index contributed by atoms with van der Waals surface area (Å²) in [7, 11) is 0. The van der Waals surface area contributed by atoms with Crippen molar-refractivity contribution in [3.8, 4) is 0 Å². The number of rotatable bonds is 4. The summed E-state index contributed by atoms with van der Waals surface area (Å²) < 4.78 is 5.24. The molecule has 1 amide bonds. The summed E-state index contributed by atoms with van der Waals surface area (Å²) in [5, 5.41) is 2.94. The van der Waals surface area contributed by atoms with Crippen LogP contribution in [-0.2, 0) is 4.74 Å². The molecule has 17 heavy (non-hydrogen) atoms. The minimum absolute atomic E-state index is 0.278. The van der Waals surface area contributed by atoms with E-state index in [9.17, 15) is 4.79 Å². The van der Waals surface area contributed by atoms with Gasteiger partial charge in [0.15, 0.2) is 0 Å². The molecule has 0 heterocycles. The Labute approximate surface area is 105 Å². The number of nitrogens with one attached hydrogen (secondary N) is 1. The van der Waals surface area contributed by atoms with Crippen LogP contribution < -0.4 is 5.32 Å². The molecule has 0 aromatic rings. The van der Waals surface area contributed by atoms with Crippen LogP contribution in [0.3, 0.4) is 0 Å². The van der Waals surface area contributed by atoms with Crippen LogP contribution in [0.5, 0.6) is 0 Å². The van der Waals surface area contributed by atoms with Gasteiger partial charge in [-0.25, -0.2) is 4.79 Å². The van der Waals surface area contributed by atoms with Crippen LogP contribution >= 0.6 is 0 Å². The minimum Gasteiger partial charge on any atom is -0.444 e. The summed E-state index contributed by atoms with van der Waals surface area (Å²) in [5.74, 6) is 0. The summed E-state index contributed by atoms with van der Waals surface area (Å²) in [5.41, 5.74) is 0.0367. The largest absolute Gasteiger partial charge is 0.444 e. The van der Waals surface area contributed by atoms with Gasteiger partial charge >= 0.3 is 6.09 Å². The van der Waals surface area contributed by atoms with Gasteiger partial charge < -0.3 is 10.1 Å². The minimum atomic E-state index is -0.403. The lowest BCUT2D eigenvalue weighted by Gasteiger charge is -2.45. The molecule has 0 radical (unpaired) electrons. The highest BCUT2D eigenvalue weighted by Gasteiger charge is 2.40. The zero-order valence-electron chi connectivity index (χ0n) is 11.9. The second-order valence-electron chi connectivity index (χ2n) is 6.67. The third kappa shape index (κ3) is 4.97. The molecule has 1 aliphatic carbocycles. The van der Waals surface area contributed by atoms with Crippen LogP contribution in [-0.4, -0.2) is 17.7 Å². The Morgan fingerprint density at radius 3 is 2.47 bits per heavy atom. The highest BCUT2D eigenvalue weighted by Crippen LogP contribution is 2.44. The number of hydrogen-bond donors (Lipinski definition) is 1. The Morgan fingerprint density at radius 1 is 1.41 bits per heavy atom. The number of alkyl carbamates (subject to hydrolysis) is 1. The van der Waals surface area contributed by atoms with Crippen molar-refractivity contribution >= 4 is 6.09 Å². The first-order valence-electron chi connectivity index (χ1n) is 6.74. The van der Waals surface area contributed by atoms with E-state index >= 15 is 0 Å². The Hall–Kier alpha value is -0.730. The quantitative estimate of drug-likeness (QED) is 0.811. The zero-order chi connectivity index (χ0) is 13.1. The van der Waals surface area contributed by atoms with Crippen molar-refractivity contribution in [2.75, 3.05) is 0 Å². The van der Waals surface area contributed by atoms with Crippen LogP contribution in [0.15, 0.2) is 0 Å². The maximum absolute atomic E-state index is 11.6. The summed E-state index contributed by atoms with van der Waals surface area (Å²) in [6.45, 7) is 10.2. The van der Waals surface area contributed by atoms with Gasteiger partial charge in [0.1, 0.15) is 5.60 Å². The maximum Gasteiger partial charge on any atom is 0.407 e. The van der Waals surface area contributed by atoms with Gasteiger partial charge in [-0.2, -0.15) is 0 Å². The lowest BCUT2D eigenvalue weighted by Crippen LogP contribution is -2.50. The fraction of sp³-hybridized carbons (Fsp3) is 0.929. The molecule has 3 heteroatoms. The molecule has 0 spiro atoms. The van der Waals surface area contributed by atoms with Gasteiger partial charge in [-0.15, -0.1) is 0 Å². The van der Waals surface area contributed by atoms with Gasteiger partial charge in [-0.1, -0.05) is 26.7 Å². The fourth-order valence-electron chi connectivity index (χ4n) is 2.51. The average Bonchev–Trinajstić information content (AvgIpc) is 2.09. The first kappa shape index (κ1) is 14.3. The lowest BCUT2D eigenvalue weighted by atomic mass is 9.64. The van der Waals surface area contributed by atoms with Crippen molar-refractivity contribution in [3.05, 3.63) is 0 Å². The van der Waals surface area contributed by atoms with Gasteiger partial charge in [0.05, 0.1) is 0 Å². The Morgan fingerprint density at radius 2 is 2.00 bits per heavy atom. The molecule has 1 saturated carbocycles. The van der Waals surface area contributed by atoms with Gasteiger partial charge in [0.2, 0.25) is 0 Å². The molecule has 0 saturated heterocycles. The molecule has 100 valence electrons. The molecular formula is C14H27NO2. The van der Waals surface area contributed by atoms with Gasteiger partial charge in [-0.3, -0.25) is 0 Å². The first-order chi connectivity index (χ1) is 7.74. The van der Waals surface area contributed by atoms with E-state index in [4.69, 9.17) is 4.74 Å². The number of hydrogen-bond acceptors (Lipinski definition) is 2. The standard InChI is InChI=1S/C14H27NO2/c1-6-7-8-14(5)9-11(10-14)15-12(16)17-13(2,3)4/h11H,6-10H2,1-5H3,(H,15,16). The van der Waals surface area contributed by atoms with Crippen LogP contribution in [0.2, 0.25) is 0 Å². The van der Waals surface area contributed by atoms with E-state index < -0.39 is 5.60 Å². The first-order valence-corrected chi connectivity index (χ1v) is 6.74. The van der Waals surface area contributed by atoms with Crippen molar-refractivity contribution in [1.29, 1.82) is 0 Å². The van der Waals surface area contributed by atoms with Crippen LogP contribution in [0.1, 0.15) is 66.7 Å². The molecule has 0 unspecified atom stereocenters. The maximum atomic E-state index is 11.6. The zero-order valence-corrected chi connectivity index (χ0v) is 11.9. The van der Waals surface area contributed by atoms with Crippen LogP contribution in [0.25, 0.3) is 0 Å². The van der Waals surface area contributed by atoms with Crippen molar-refractivity contribution in [2.45, 2.75) is 78.4 Å². The summed E-state index contributed by atoms with van der Waals surface area (Å²) in [6.07, 6.45) is 5.71. The number of amides is 1. The third-order valence-corrected chi connectivity index (χ3v) is 3.33. The van der Waals surface area contributed by atoms with E-state index in [-0.39, 0.29) is 6.09 Å². The highest BCUT2D eigenvalue weighted by molar-refractivity contribution is 5.68. The third-order valence-electron chi connectivity index (χ3n) is 3.33. The van der Waals surface area contributed by atoms with Crippen molar-refractivity contribution < 1.29 is 9.53 Å². The smallest absolute Gasteiger partial charge is 0.407 e. The molecule has 0 bridgehead atoms. The molecule has 1 N–H and O–H groups in total. The second kappa shape index (κ2) is 5.28. The Kier molecular flexibility index (Phi) is 4.45. The molecule has 0 aromatic heterocycles. The van der Waals surface area contributed by atoms with E-state index in [0.717, 1.165) is 12.8 Å². The Bertz CT molecular complexity index is 262. The predicted molar refractivity (Wildman–Crippen MR) is 70.0 cm³/mol. The van der Waals surface area contributed by atoms with Crippen LogP contribution in [0, 0.1) is 5.41 Å². The summed E-state index contributed by atoms with van der Waals surface area (Å²) >= 11 is 0. The summed E-state index contributed by atoms with van der Waals surface area (Å²) in [6, 6.07) is 0.312. The van der Waals surface area contributed by atoms with E-state index in [1.54, 1.807) is 0 Å². The van der Waals surface area contributed by atoms with E-state index in [0.29, 0.717) is 11.5 Å². The van der Waals surface area contributed by atoms with Crippen LogP contribution in [0.4, 0.5) is 4.79 Å². The molecule has 1 rings (SSSR count). The number of carbonyl (C=O) groups is 1. The van der Waals surface area contributed by atoms with E-state index in [2.05, 4.69) is 19.2 Å². The number of unbranched alkanes of at least 4 members (excludes halogenated alkanes) is 1. The SMILES string of the molecule is CCCCC1(C)CC(NC(=O)OC(C)(C)C)C1. The molecule has 1 fully saturated rings. The monoisotopic (exact) mass is 241 g/mol. The molecule has 0 atom stereocenters. The van der Waals surface area contributed by atoms with E-state index in [1.165, 1.54) is 19.3 Å². The number of carbonyl (C=O) groups excluding carboxylic acids is 1. The average molecular weight is 241 g/mol. The van der Waals surface area contributed by atoms with Gasteiger partial charge in [0.25, 0.3) is 0 Å². The van der Waals surface area contributed by atoms with Crippen molar-refractivity contribution in [2.24, 2.45) is 5.41 Å². The molecule has 3 nitrogen and oxygen atoms in total. The molecular weight excluding hydrogens is 214 g/mol. The lowest BCUT2D eigenvalue weighted by molar-refractivity contribution is 0.0340. The van der Waals surface area contributed by atoms with Crippen molar-refractivity contribution in [3.63, 3.8) is 0 Å². The number of ether oxygens (including phenoxy) is 1.